The summed E-state index contributed by atoms with van der Waals surface area (Å²) in [6, 6.07) is 7.71. The van der Waals surface area contributed by atoms with Crippen LogP contribution in [0.3, 0.4) is 0 Å². The number of fused-ring (bicyclic) bond motifs is 2. The lowest BCUT2D eigenvalue weighted by molar-refractivity contribution is -0.145. The summed E-state index contributed by atoms with van der Waals surface area (Å²) in [5.74, 6) is -0.541. The predicted molar refractivity (Wildman–Crippen MR) is 77.3 cm³/mol. The minimum atomic E-state index is -0.823. The Bertz CT molecular complexity index is 508. The van der Waals surface area contributed by atoms with E-state index in [0.29, 0.717) is 6.42 Å². The second kappa shape index (κ2) is 4.80. The molecule has 4 nitrogen and oxygen atoms in total. The van der Waals surface area contributed by atoms with E-state index >= 15 is 0 Å². The number of carboxylic acid groups (broad SMARTS) is 1. The molecule has 0 amide bonds. The molecule has 0 spiro atoms. The molecular weight excluding hydrogens is 308 g/mol. The Balaban J connectivity index is 1.93. The van der Waals surface area contributed by atoms with Crippen LogP contribution in [0.5, 0.6) is 0 Å². The molecule has 3 unspecified atom stereocenters. The highest BCUT2D eigenvalue weighted by atomic mass is 79.9. The molecule has 5 heteroatoms. The van der Waals surface area contributed by atoms with Gasteiger partial charge in [-0.15, -0.1) is 0 Å². The monoisotopic (exact) mass is 324 g/mol. The molecule has 3 atom stereocenters. The molecule has 2 heterocycles. The quantitative estimate of drug-likeness (QED) is 0.896. The van der Waals surface area contributed by atoms with E-state index in [9.17, 15) is 9.90 Å². The molecule has 0 aliphatic carbocycles. The fourth-order valence-corrected chi connectivity index (χ4v) is 3.66. The molecule has 1 aromatic carbocycles. The average Bonchev–Trinajstić information content (AvgIpc) is 2.79. The number of rotatable bonds is 3. The minimum absolute atomic E-state index is 0.186. The van der Waals surface area contributed by atoms with Gasteiger partial charge in [0.05, 0.1) is 0 Å². The van der Waals surface area contributed by atoms with Crippen LogP contribution in [0.15, 0.2) is 28.7 Å². The van der Waals surface area contributed by atoms with Crippen LogP contribution >= 0.6 is 15.9 Å². The second-order valence-corrected chi connectivity index (χ2v) is 6.27. The van der Waals surface area contributed by atoms with Gasteiger partial charge in [0.25, 0.3) is 0 Å². The Morgan fingerprint density at radius 3 is 2.95 bits per heavy atom. The van der Waals surface area contributed by atoms with Gasteiger partial charge in [-0.1, -0.05) is 12.1 Å². The van der Waals surface area contributed by atoms with Crippen molar-refractivity contribution in [1.29, 1.82) is 0 Å². The molecular formula is C14H17BrN2O2. The normalized spacial score (nSPS) is 33.1. The molecule has 0 saturated carbocycles. The fourth-order valence-electron chi connectivity index (χ4n) is 3.28. The maximum absolute atomic E-state index is 11.9. The highest BCUT2D eigenvalue weighted by Crippen LogP contribution is 2.39. The van der Waals surface area contributed by atoms with E-state index in [2.05, 4.69) is 26.1 Å². The summed E-state index contributed by atoms with van der Waals surface area (Å²) in [6.07, 6.45) is 1.62. The van der Waals surface area contributed by atoms with Crippen molar-refractivity contribution in [2.24, 2.45) is 5.92 Å². The molecule has 102 valence electrons. The highest BCUT2D eigenvalue weighted by molar-refractivity contribution is 9.10. The smallest absolute Gasteiger partial charge is 0.329 e. The van der Waals surface area contributed by atoms with E-state index in [-0.39, 0.29) is 5.92 Å². The topological polar surface area (TPSA) is 52.6 Å². The van der Waals surface area contributed by atoms with Gasteiger partial charge in [0.1, 0.15) is 5.54 Å². The summed E-state index contributed by atoms with van der Waals surface area (Å²) in [5, 5.41) is 13.1. The number of aliphatic carboxylic acids is 1. The van der Waals surface area contributed by atoms with E-state index in [1.807, 2.05) is 24.3 Å². The van der Waals surface area contributed by atoms with Crippen molar-refractivity contribution in [3.05, 3.63) is 28.7 Å². The van der Waals surface area contributed by atoms with Gasteiger partial charge in [-0.05, 0) is 47.4 Å². The zero-order valence-corrected chi connectivity index (χ0v) is 12.2. The van der Waals surface area contributed by atoms with E-state index in [4.69, 9.17) is 0 Å². The van der Waals surface area contributed by atoms with Crippen LogP contribution < -0.4 is 5.32 Å². The number of benzene rings is 1. The molecule has 2 aliphatic heterocycles. The van der Waals surface area contributed by atoms with Gasteiger partial charge in [0.2, 0.25) is 0 Å². The molecule has 2 N–H and O–H groups in total. The third-order valence-corrected chi connectivity index (χ3v) is 5.10. The Hall–Kier alpha value is -1.07. The zero-order valence-electron chi connectivity index (χ0n) is 10.6. The van der Waals surface area contributed by atoms with Crippen molar-refractivity contribution in [1.82, 2.24) is 4.90 Å². The molecule has 2 fully saturated rings. The number of carbonyl (C=O) groups is 1. The van der Waals surface area contributed by atoms with Crippen LogP contribution in [0.4, 0.5) is 5.69 Å². The first-order valence-electron chi connectivity index (χ1n) is 6.60. The number of para-hydroxylation sites is 1. The van der Waals surface area contributed by atoms with Gasteiger partial charge in [0, 0.05) is 29.2 Å². The standard InChI is InChI=1S/C14H17BrN2O2/c15-11-3-1-2-4-12(11)16-14(13(18)19)6-8-17-7-5-10(14)9-17/h1-4,10,16H,5-9H2,(H,18,19). The number of halogens is 1. The fraction of sp³-hybridized carbons (Fsp3) is 0.500. The lowest BCUT2D eigenvalue weighted by atomic mass is 9.78. The Kier molecular flexibility index (Phi) is 3.27. The highest BCUT2D eigenvalue weighted by Gasteiger charge is 2.51. The van der Waals surface area contributed by atoms with Gasteiger partial charge >= 0.3 is 5.97 Å². The zero-order chi connectivity index (χ0) is 13.5. The van der Waals surface area contributed by atoms with Crippen molar-refractivity contribution in [2.45, 2.75) is 18.4 Å². The molecule has 3 rings (SSSR count). The van der Waals surface area contributed by atoms with Gasteiger partial charge in [-0.3, -0.25) is 0 Å². The first-order chi connectivity index (χ1) is 9.12. The van der Waals surface area contributed by atoms with E-state index in [0.717, 1.165) is 36.2 Å². The van der Waals surface area contributed by atoms with Crippen molar-refractivity contribution in [3.8, 4) is 0 Å². The van der Waals surface area contributed by atoms with E-state index in [1.165, 1.54) is 0 Å². The molecule has 1 aromatic rings. The minimum Gasteiger partial charge on any atom is -0.479 e. The number of piperidine rings is 1. The summed E-state index contributed by atoms with van der Waals surface area (Å²) >= 11 is 3.48. The lowest BCUT2D eigenvalue weighted by Crippen LogP contribution is -2.57. The molecule has 19 heavy (non-hydrogen) atoms. The van der Waals surface area contributed by atoms with Crippen LogP contribution in [0.1, 0.15) is 12.8 Å². The summed E-state index contributed by atoms with van der Waals surface area (Å²) in [7, 11) is 0. The van der Waals surface area contributed by atoms with Gasteiger partial charge in [0.15, 0.2) is 0 Å². The van der Waals surface area contributed by atoms with Crippen LogP contribution in [-0.2, 0) is 4.79 Å². The SMILES string of the molecule is O=C(O)C1(Nc2ccccc2Br)CCN2CCC1C2. The number of carboxylic acids is 1. The maximum atomic E-state index is 11.9. The number of nitrogens with zero attached hydrogens (tertiary/aromatic N) is 1. The molecule has 0 radical (unpaired) electrons. The summed E-state index contributed by atoms with van der Waals surface area (Å²) in [5.41, 5.74) is 0.0434. The number of nitrogens with one attached hydrogen (secondary N) is 1. The van der Waals surface area contributed by atoms with Crippen LogP contribution in [0.25, 0.3) is 0 Å². The second-order valence-electron chi connectivity index (χ2n) is 5.42. The van der Waals surface area contributed by atoms with Crippen LogP contribution in [0, 0.1) is 5.92 Å². The predicted octanol–water partition coefficient (Wildman–Crippen LogP) is 2.41. The summed E-state index contributed by atoms with van der Waals surface area (Å²) in [6.45, 7) is 2.78. The average molecular weight is 325 g/mol. The van der Waals surface area contributed by atoms with Crippen molar-refractivity contribution >= 4 is 27.6 Å². The third-order valence-electron chi connectivity index (χ3n) is 4.40. The van der Waals surface area contributed by atoms with Gasteiger partial charge in [-0.2, -0.15) is 0 Å². The maximum Gasteiger partial charge on any atom is 0.329 e. The van der Waals surface area contributed by atoms with E-state index < -0.39 is 11.5 Å². The van der Waals surface area contributed by atoms with Crippen molar-refractivity contribution < 1.29 is 9.90 Å². The molecule has 0 aromatic heterocycles. The molecule has 2 aliphatic rings. The van der Waals surface area contributed by atoms with Gasteiger partial charge < -0.3 is 15.3 Å². The first kappa shape index (κ1) is 12.9. The largest absolute Gasteiger partial charge is 0.479 e. The lowest BCUT2D eigenvalue weighted by Gasteiger charge is -2.41. The Morgan fingerprint density at radius 1 is 1.42 bits per heavy atom. The van der Waals surface area contributed by atoms with Crippen molar-refractivity contribution in [3.63, 3.8) is 0 Å². The third kappa shape index (κ3) is 2.15. The Morgan fingerprint density at radius 2 is 2.21 bits per heavy atom. The molecule has 2 saturated heterocycles. The number of anilines is 1. The van der Waals surface area contributed by atoms with Crippen molar-refractivity contribution in [2.75, 3.05) is 25.0 Å². The summed E-state index contributed by atoms with van der Waals surface area (Å²) < 4.78 is 0.913. The first-order valence-corrected chi connectivity index (χ1v) is 7.39. The number of hydrogen-bond donors (Lipinski definition) is 2. The van der Waals surface area contributed by atoms with Gasteiger partial charge in [-0.25, -0.2) is 4.79 Å². The molecule has 2 bridgehead atoms. The summed E-state index contributed by atoms with van der Waals surface area (Å²) in [4.78, 5) is 14.2. The Labute approximate surface area is 120 Å². The van der Waals surface area contributed by atoms with Crippen LogP contribution in [0.2, 0.25) is 0 Å². The van der Waals surface area contributed by atoms with E-state index in [1.54, 1.807) is 0 Å². The number of hydrogen-bond acceptors (Lipinski definition) is 3. The van der Waals surface area contributed by atoms with Crippen LogP contribution in [-0.4, -0.2) is 41.1 Å².